The molecule has 0 bridgehead atoms. The zero-order valence-corrected chi connectivity index (χ0v) is 10.2. The first-order valence-corrected chi connectivity index (χ1v) is 5.67. The van der Waals surface area contributed by atoms with E-state index in [2.05, 4.69) is 19.1 Å². The monoisotopic (exact) mass is 213 g/mol. The molecule has 0 aliphatic carbocycles. The van der Waals surface area contributed by atoms with E-state index in [1.165, 1.54) is 11.9 Å². The van der Waals surface area contributed by atoms with Crippen LogP contribution in [0.15, 0.2) is 22.4 Å². The fraction of sp³-hybridized carbons (Fsp3) is 0.556. The van der Waals surface area contributed by atoms with Crippen LogP contribution in [0, 0.1) is 5.92 Å². The van der Waals surface area contributed by atoms with Crippen molar-refractivity contribution in [3.63, 3.8) is 0 Å². The highest BCUT2D eigenvalue weighted by molar-refractivity contribution is 8.00. The molecule has 0 aliphatic rings. The Balaban J connectivity index is 4.76. The summed E-state index contributed by atoms with van der Waals surface area (Å²) in [4.78, 5) is 1.12. The fourth-order valence-corrected chi connectivity index (χ4v) is 1.49. The second kappa shape index (κ2) is 6.84. The Hall–Kier alpha value is -0.545. The van der Waals surface area contributed by atoms with Crippen LogP contribution in [-0.4, -0.2) is 7.98 Å². The van der Waals surface area contributed by atoms with Gasteiger partial charge in [-0.05, 0) is 25.3 Å². The second-order valence-electron chi connectivity index (χ2n) is 3.30. The van der Waals surface area contributed by atoms with E-state index in [0.29, 0.717) is 5.92 Å². The average molecular weight is 213 g/mol. The minimum atomic E-state index is 0.466. The Bertz CT molecular complexity index is 238. The van der Waals surface area contributed by atoms with Gasteiger partial charge < -0.3 is 11.0 Å². The van der Waals surface area contributed by atoms with Crippen LogP contribution >= 0.6 is 11.9 Å². The Labute approximate surface area is 91.9 Å². The molecular formula is C9H20BN3S. The molecule has 0 heterocycles. The lowest BCUT2D eigenvalue weighted by Crippen LogP contribution is -2.12. The molecule has 14 heavy (non-hydrogen) atoms. The number of hydrogen-bond donors (Lipinski definition) is 3. The van der Waals surface area contributed by atoms with E-state index in [9.17, 15) is 0 Å². The van der Waals surface area contributed by atoms with Gasteiger partial charge in [-0.15, -0.1) is 0 Å². The summed E-state index contributed by atoms with van der Waals surface area (Å²) in [5, 5.41) is 8.60. The molecule has 0 spiro atoms. The lowest BCUT2D eigenvalue weighted by atomic mass is 10.1. The third-order valence-electron chi connectivity index (χ3n) is 2.34. The van der Waals surface area contributed by atoms with E-state index in [-0.39, 0.29) is 0 Å². The minimum Gasteiger partial charge on any atom is -0.436 e. The van der Waals surface area contributed by atoms with Crippen molar-refractivity contribution in [2.75, 3.05) is 0 Å². The van der Waals surface area contributed by atoms with Gasteiger partial charge in [-0.1, -0.05) is 25.8 Å². The molecule has 0 saturated heterocycles. The van der Waals surface area contributed by atoms with Gasteiger partial charge in [0.05, 0.1) is 5.70 Å². The number of rotatable bonds is 5. The predicted molar refractivity (Wildman–Crippen MR) is 67.9 cm³/mol. The van der Waals surface area contributed by atoms with Crippen molar-refractivity contribution < 1.29 is 0 Å². The van der Waals surface area contributed by atoms with E-state index in [1.807, 2.05) is 21.0 Å². The number of nitrogens with two attached hydrogens (primary N) is 2. The van der Waals surface area contributed by atoms with Crippen LogP contribution in [-0.2, 0) is 0 Å². The van der Waals surface area contributed by atoms with E-state index >= 15 is 0 Å². The van der Waals surface area contributed by atoms with Gasteiger partial charge in [0.1, 0.15) is 0 Å². The topological polar surface area (TPSA) is 64.1 Å². The predicted octanol–water partition coefficient (Wildman–Crippen LogP) is 0.851. The summed E-state index contributed by atoms with van der Waals surface area (Å²) < 4.78 is 0. The van der Waals surface area contributed by atoms with Gasteiger partial charge in [-0.3, -0.25) is 5.14 Å². The summed E-state index contributed by atoms with van der Waals surface area (Å²) in [6.07, 6.45) is 3.02. The molecule has 80 valence electrons. The van der Waals surface area contributed by atoms with Crippen molar-refractivity contribution in [3.05, 3.63) is 22.4 Å². The van der Waals surface area contributed by atoms with Gasteiger partial charge in [0, 0.05) is 10.6 Å². The standard InChI is InChI=1S/C9H20BN3S/c1-4-6(2)9(14-12)5-8(11)7(3)13-10/h5-6,13H,4,10-12H2,1-3H3/b8-7-,9-5+/t6-/m1/s1. The van der Waals surface area contributed by atoms with Crippen molar-refractivity contribution in [1.82, 2.24) is 5.23 Å². The largest absolute Gasteiger partial charge is 0.436 e. The van der Waals surface area contributed by atoms with Crippen LogP contribution in [0.3, 0.4) is 0 Å². The summed E-state index contributed by atoms with van der Waals surface area (Å²) in [5.74, 6) is 0.466. The highest BCUT2D eigenvalue weighted by Crippen LogP contribution is 2.23. The first-order valence-electron chi connectivity index (χ1n) is 4.79. The normalized spacial score (nSPS) is 16.1. The molecule has 0 aromatic carbocycles. The van der Waals surface area contributed by atoms with Crippen molar-refractivity contribution >= 4 is 19.9 Å². The van der Waals surface area contributed by atoms with Gasteiger partial charge in [-0.2, -0.15) is 0 Å². The maximum Gasteiger partial charge on any atom is 0.213 e. The molecule has 0 rings (SSSR count). The number of nitrogens with one attached hydrogen (secondary N) is 1. The van der Waals surface area contributed by atoms with Crippen molar-refractivity contribution in [1.29, 1.82) is 0 Å². The summed E-state index contributed by atoms with van der Waals surface area (Å²) in [6, 6.07) is 0. The van der Waals surface area contributed by atoms with Gasteiger partial charge in [0.2, 0.25) is 7.98 Å². The molecule has 3 nitrogen and oxygen atoms in total. The molecule has 1 atom stereocenters. The summed E-state index contributed by atoms with van der Waals surface area (Å²) in [5.41, 5.74) is 7.59. The smallest absolute Gasteiger partial charge is 0.213 e. The Kier molecular flexibility index (Phi) is 6.58. The minimum absolute atomic E-state index is 0.466. The summed E-state index contributed by atoms with van der Waals surface area (Å²) in [6.45, 7) is 6.23. The van der Waals surface area contributed by atoms with Gasteiger partial charge in [-0.25, -0.2) is 0 Å². The van der Waals surface area contributed by atoms with Gasteiger partial charge >= 0.3 is 0 Å². The van der Waals surface area contributed by atoms with E-state index in [0.717, 1.165) is 22.7 Å². The third kappa shape index (κ3) is 4.11. The first-order chi connectivity index (χ1) is 6.56. The molecule has 0 aliphatic heterocycles. The molecule has 0 amide bonds. The summed E-state index contributed by atoms with van der Waals surface area (Å²) >= 11 is 1.28. The second-order valence-corrected chi connectivity index (χ2v) is 4.01. The van der Waals surface area contributed by atoms with E-state index in [1.54, 1.807) is 0 Å². The highest BCUT2D eigenvalue weighted by Gasteiger charge is 2.06. The average Bonchev–Trinajstić information content (AvgIpc) is 2.22. The molecule has 0 aromatic heterocycles. The molecule has 5 N–H and O–H groups in total. The zero-order chi connectivity index (χ0) is 11.1. The highest BCUT2D eigenvalue weighted by atomic mass is 32.2. The van der Waals surface area contributed by atoms with Crippen LogP contribution in [0.25, 0.3) is 0 Å². The van der Waals surface area contributed by atoms with Gasteiger partial charge in [0.15, 0.2) is 0 Å². The molecule has 0 aromatic rings. The molecule has 5 heteroatoms. The van der Waals surface area contributed by atoms with Crippen LogP contribution in [0.5, 0.6) is 0 Å². The zero-order valence-electron chi connectivity index (χ0n) is 9.42. The summed E-state index contributed by atoms with van der Waals surface area (Å²) in [7, 11) is 1.86. The third-order valence-corrected chi connectivity index (χ3v) is 3.13. The van der Waals surface area contributed by atoms with Crippen molar-refractivity contribution in [3.8, 4) is 0 Å². The van der Waals surface area contributed by atoms with Crippen LogP contribution in [0.2, 0.25) is 0 Å². The van der Waals surface area contributed by atoms with Crippen LogP contribution in [0.1, 0.15) is 27.2 Å². The van der Waals surface area contributed by atoms with E-state index < -0.39 is 0 Å². The fourth-order valence-electron chi connectivity index (χ4n) is 0.899. The quantitative estimate of drug-likeness (QED) is 0.360. The molecule has 0 radical (unpaired) electrons. The molecule has 0 fully saturated rings. The maximum absolute atomic E-state index is 5.87. The molecule has 0 saturated carbocycles. The Morgan fingerprint density at radius 3 is 2.57 bits per heavy atom. The number of allylic oxidation sites excluding steroid dienone is 3. The molecule has 0 unspecified atom stereocenters. The lowest BCUT2D eigenvalue weighted by molar-refractivity contribution is 0.686. The SMILES string of the molecule is BN/C(C)=C(N)/C=C(/SN)[C@H](C)CC. The first kappa shape index (κ1) is 13.5. The Morgan fingerprint density at radius 2 is 2.21 bits per heavy atom. The van der Waals surface area contributed by atoms with E-state index in [4.69, 9.17) is 10.9 Å². The maximum atomic E-state index is 5.87. The van der Waals surface area contributed by atoms with Crippen LogP contribution in [0.4, 0.5) is 0 Å². The van der Waals surface area contributed by atoms with Crippen molar-refractivity contribution in [2.45, 2.75) is 27.2 Å². The Morgan fingerprint density at radius 1 is 1.64 bits per heavy atom. The van der Waals surface area contributed by atoms with Crippen LogP contribution < -0.4 is 16.1 Å². The lowest BCUT2D eigenvalue weighted by Gasteiger charge is -2.12. The van der Waals surface area contributed by atoms with Crippen molar-refractivity contribution in [2.24, 2.45) is 16.8 Å². The van der Waals surface area contributed by atoms with Gasteiger partial charge in [0.25, 0.3) is 0 Å². The number of hydrogen-bond acceptors (Lipinski definition) is 4. The molecular weight excluding hydrogens is 193 g/mol.